The number of ether oxygens (including phenoxy) is 1. The zero-order valence-corrected chi connectivity index (χ0v) is 17.8. The lowest BCUT2D eigenvalue weighted by molar-refractivity contribution is -0.144. The van der Waals surface area contributed by atoms with Crippen LogP contribution in [0.2, 0.25) is 0 Å². The minimum absolute atomic E-state index is 0.0259. The zero-order valence-electron chi connectivity index (χ0n) is 17.0. The quantitative estimate of drug-likeness (QED) is 0.449. The standard InChI is InChI=1S/C22H26F2N2O2S/c1-4-28-20(27)10-15-7-9-26(13-15)21-18(23)11-16(12-19(21)24)17-6-5-8-25-22(17)29-14(2)3/h5-6,8,11-12,14-15H,4,7,9-10,13H2,1-3H3. The number of carbonyl (C=O) groups excluding carboxylic acids is 1. The Morgan fingerprint density at radius 1 is 1.34 bits per heavy atom. The van der Waals surface area contributed by atoms with Crippen LogP contribution in [0.15, 0.2) is 35.5 Å². The van der Waals surface area contributed by atoms with Gasteiger partial charge in [0.05, 0.1) is 13.0 Å². The Hall–Kier alpha value is -2.15. The van der Waals surface area contributed by atoms with E-state index in [2.05, 4.69) is 4.98 Å². The highest BCUT2D eigenvalue weighted by molar-refractivity contribution is 7.99. The number of carbonyl (C=O) groups is 1. The number of anilines is 1. The second-order valence-electron chi connectivity index (χ2n) is 7.42. The van der Waals surface area contributed by atoms with Gasteiger partial charge in [-0.1, -0.05) is 19.9 Å². The molecule has 1 fully saturated rings. The van der Waals surface area contributed by atoms with Crippen molar-refractivity contribution in [1.29, 1.82) is 0 Å². The molecule has 2 aromatic rings. The summed E-state index contributed by atoms with van der Waals surface area (Å²) in [5.74, 6) is -1.41. The molecule has 156 valence electrons. The molecule has 1 saturated heterocycles. The predicted molar refractivity (Wildman–Crippen MR) is 112 cm³/mol. The third-order valence-electron chi connectivity index (χ3n) is 4.81. The van der Waals surface area contributed by atoms with Gasteiger partial charge in [-0.25, -0.2) is 13.8 Å². The van der Waals surface area contributed by atoms with Crippen LogP contribution in [0, 0.1) is 17.6 Å². The van der Waals surface area contributed by atoms with Gasteiger partial charge in [0, 0.05) is 30.1 Å². The SMILES string of the molecule is CCOC(=O)CC1CCN(c2c(F)cc(-c3cccnc3SC(C)C)cc2F)C1. The fourth-order valence-electron chi connectivity index (χ4n) is 3.61. The van der Waals surface area contributed by atoms with E-state index in [1.807, 2.05) is 19.9 Å². The lowest BCUT2D eigenvalue weighted by atomic mass is 10.1. The number of pyridine rings is 1. The van der Waals surface area contributed by atoms with E-state index in [0.717, 1.165) is 10.6 Å². The van der Waals surface area contributed by atoms with Gasteiger partial charge in [-0.15, -0.1) is 11.8 Å². The van der Waals surface area contributed by atoms with Gasteiger partial charge in [-0.2, -0.15) is 0 Å². The summed E-state index contributed by atoms with van der Waals surface area (Å²) in [4.78, 5) is 17.7. The molecule has 0 N–H and O–H groups in total. The topological polar surface area (TPSA) is 42.4 Å². The van der Waals surface area contributed by atoms with E-state index in [-0.39, 0.29) is 24.0 Å². The molecule has 1 aromatic heterocycles. The monoisotopic (exact) mass is 420 g/mol. The molecule has 1 aliphatic rings. The van der Waals surface area contributed by atoms with Crippen LogP contribution >= 0.6 is 11.8 Å². The molecule has 1 aliphatic heterocycles. The summed E-state index contributed by atoms with van der Waals surface area (Å²) in [6.07, 6.45) is 2.66. The van der Waals surface area contributed by atoms with E-state index in [1.54, 1.807) is 35.8 Å². The van der Waals surface area contributed by atoms with Gasteiger partial charge < -0.3 is 9.64 Å². The molecule has 0 spiro atoms. The first-order valence-electron chi connectivity index (χ1n) is 9.90. The van der Waals surface area contributed by atoms with Crippen LogP contribution in [0.25, 0.3) is 11.1 Å². The van der Waals surface area contributed by atoms with Gasteiger partial charge in [-0.3, -0.25) is 4.79 Å². The maximum atomic E-state index is 15.0. The largest absolute Gasteiger partial charge is 0.466 e. The number of aromatic nitrogens is 1. The molecule has 7 heteroatoms. The van der Waals surface area contributed by atoms with E-state index in [0.29, 0.717) is 36.9 Å². The second-order valence-corrected chi connectivity index (χ2v) is 8.99. The first-order chi connectivity index (χ1) is 13.9. The highest BCUT2D eigenvalue weighted by Gasteiger charge is 2.29. The van der Waals surface area contributed by atoms with Crippen molar-refractivity contribution in [2.75, 3.05) is 24.6 Å². The van der Waals surface area contributed by atoms with E-state index in [4.69, 9.17) is 4.74 Å². The van der Waals surface area contributed by atoms with Crippen LogP contribution < -0.4 is 4.90 Å². The van der Waals surface area contributed by atoms with E-state index in [9.17, 15) is 13.6 Å². The summed E-state index contributed by atoms with van der Waals surface area (Å²) >= 11 is 1.56. The molecule has 0 radical (unpaired) electrons. The van der Waals surface area contributed by atoms with E-state index >= 15 is 0 Å². The maximum Gasteiger partial charge on any atom is 0.306 e. The van der Waals surface area contributed by atoms with Crippen LogP contribution in [0.3, 0.4) is 0 Å². The molecule has 29 heavy (non-hydrogen) atoms. The van der Waals surface area contributed by atoms with Crippen molar-refractivity contribution >= 4 is 23.4 Å². The maximum absolute atomic E-state index is 15.0. The van der Waals surface area contributed by atoms with E-state index < -0.39 is 11.6 Å². The Morgan fingerprint density at radius 2 is 2.07 bits per heavy atom. The predicted octanol–water partition coefficient (Wildman–Crippen LogP) is 5.31. The Labute approximate surface area is 174 Å². The summed E-state index contributed by atoms with van der Waals surface area (Å²) < 4.78 is 34.9. The Morgan fingerprint density at radius 3 is 2.72 bits per heavy atom. The van der Waals surface area contributed by atoms with E-state index in [1.165, 1.54) is 12.1 Å². The van der Waals surface area contributed by atoms with Gasteiger partial charge in [0.15, 0.2) is 0 Å². The lowest BCUT2D eigenvalue weighted by Crippen LogP contribution is -2.23. The van der Waals surface area contributed by atoms with Gasteiger partial charge in [0.25, 0.3) is 0 Å². The molecule has 1 unspecified atom stereocenters. The first kappa shape index (κ1) is 21.6. The molecule has 1 atom stereocenters. The summed E-state index contributed by atoms with van der Waals surface area (Å²) in [7, 11) is 0. The minimum Gasteiger partial charge on any atom is -0.466 e. The Bertz CT molecular complexity index is 853. The summed E-state index contributed by atoms with van der Waals surface area (Å²) in [5, 5.41) is 1.06. The second kappa shape index (κ2) is 9.57. The smallest absolute Gasteiger partial charge is 0.306 e. The molecule has 3 rings (SSSR count). The molecule has 0 aliphatic carbocycles. The first-order valence-corrected chi connectivity index (χ1v) is 10.8. The van der Waals surface area contributed by atoms with Crippen LogP contribution in [-0.2, 0) is 9.53 Å². The normalized spacial score (nSPS) is 16.5. The van der Waals surface area contributed by atoms with Gasteiger partial charge in [0.2, 0.25) is 0 Å². The van der Waals surface area contributed by atoms with Crippen molar-refractivity contribution in [2.24, 2.45) is 5.92 Å². The van der Waals surface area contributed by atoms with Crippen LogP contribution in [0.4, 0.5) is 14.5 Å². The molecule has 1 aromatic carbocycles. The van der Waals surface area contributed by atoms with Gasteiger partial charge in [-0.05, 0) is 43.0 Å². The molecular formula is C22H26F2N2O2S. The van der Waals surface area contributed by atoms with Crippen molar-refractivity contribution in [3.8, 4) is 11.1 Å². The third kappa shape index (κ3) is 5.26. The highest BCUT2D eigenvalue weighted by Crippen LogP contribution is 2.37. The number of rotatable bonds is 7. The fraction of sp³-hybridized carbons (Fsp3) is 0.455. The molecular weight excluding hydrogens is 394 g/mol. The lowest BCUT2D eigenvalue weighted by Gasteiger charge is -2.21. The van der Waals surface area contributed by atoms with Crippen molar-refractivity contribution in [2.45, 2.75) is 43.9 Å². The van der Waals surface area contributed by atoms with Gasteiger partial charge >= 0.3 is 5.97 Å². The number of esters is 1. The van der Waals surface area contributed by atoms with Crippen molar-refractivity contribution in [3.05, 3.63) is 42.1 Å². The molecule has 0 amide bonds. The number of benzene rings is 1. The van der Waals surface area contributed by atoms with Crippen LogP contribution in [-0.4, -0.2) is 35.9 Å². The van der Waals surface area contributed by atoms with Crippen molar-refractivity contribution in [3.63, 3.8) is 0 Å². The van der Waals surface area contributed by atoms with Crippen molar-refractivity contribution in [1.82, 2.24) is 4.98 Å². The minimum atomic E-state index is -0.596. The average Bonchev–Trinajstić information content (AvgIpc) is 3.09. The molecule has 0 saturated carbocycles. The highest BCUT2D eigenvalue weighted by atomic mass is 32.2. The summed E-state index contributed by atoms with van der Waals surface area (Å²) in [6.45, 7) is 7.15. The van der Waals surface area contributed by atoms with Gasteiger partial charge in [0.1, 0.15) is 22.3 Å². The number of nitrogens with zero attached hydrogens (tertiary/aromatic N) is 2. The molecule has 0 bridgehead atoms. The summed E-state index contributed by atoms with van der Waals surface area (Å²) in [6, 6.07) is 6.34. The number of thioether (sulfide) groups is 1. The molecule has 4 nitrogen and oxygen atoms in total. The zero-order chi connectivity index (χ0) is 21.0. The molecule has 2 heterocycles. The number of hydrogen-bond acceptors (Lipinski definition) is 5. The van der Waals surface area contributed by atoms with Crippen LogP contribution in [0.5, 0.6) is 0 Å². The Balaban J connectivity index is 1.82. The number of hydrogen-bond donors (Lipinski definition) is 0. The Kier molecular flexibility index (Phi) is 7.11. The summed E-state index contributed by atoms with van der Waals surface area (Å²) in [5.41, 5.74) is 1.17. The van der Waals surface area contributed by atoms with Crippen LogP contribution in [0.1, 0.15) is 33.6 Å². The van der Waals surface area contributed by atoms with Crippen molar-refractivity contribution < 1.29 is 18.3 Å². The number of halogens is 2. The fourth-order valence-corrected chi connectivity index (χ4v) is 4.49. The third-order valence-corrected chi connectivity index (χ3v) is 5.83. The average molecular weight is 421 g/mol.